The summed E-state index contributed by atoms with van der Waals surface area (Å²) in [4.78, 5) is 24.3. The highest BCUT2D eigenvalue weighted by Gasteiger charge is 2.34. The predicted octanol–water partition coefficient (Wildman–Crippen LogP) is 1.78. The Kier molecular flexibility index (Phi) is 4.01. The van der Waals surface area contributed by atoms with E-state index in [-0.39, 0.29) is 25.4 Å². The molecule has 1 aromatic carbocycles. The maximum atomic E-state index is 11.8. The summed E-state index contributed by atoms with van der Waals surface area (Å²) in [5.74, 6) is -0.492. The Hall–Kier alpha value is -2.83. The van der Waals surface area contributed by atoms with E-state index < -0.39 is 11.9 Å². The Labute approximate surface area is 132 Å². The van der Waals surface area contributed by atoms with Gasteiger partial charge in [-0.15, -0.1) is 0 Å². The minimum absolute atomic E-state index is 0.0376. The number of aromatic nitrogens is 1. The van der Waals surface area contributed by atoms with Crippen LogP contribution in [0.1, 0.15) is 12.1 Å². The molecule has 2 aromatic rings. The first-order valence-electron chi connectivity index (χ1n) is 7.17. The van der Waals surface area contributed by atoms with Crippen LogP contribution in [0.5, 0.6) is 5.75 Å². The average Bonchev–Trinajstić information content (AvgIpc) is 3.15. The number of likely N-dealkylation sites (tertiary alicyclic amines) is 1. The van der Waals surface area contributed by atoms with E-state index in [0.717, 1.165) is 5.56 Å². The summed E-state index contributed by atoms with van der Waals surface area (Å²) in [6.07, 6.45) is 0.0376. The van der Waals surface area contributed by atoms with Crippen molar-refractivity contribution in [2.45, 2.75) is 13.0 Å². The highest BCUT2D eigenvalue weighted by atomic mass is 16.5. The number of hydrogen-bond donors (Lipinski definition) is 1. The molecule has 0 bridgehead atoms. The number of rotatable bonds is 5. The number of carbonyl (C=O) groups excluding carboxylic acids is 1. The molecule has 7 nitrogen and oxygen atoms in total. The van der Waals surface area contributed by atoms with Crippen molar-refractivity contribution in [3.8, 4) is 17.1 Å². The van der Waals surface area contributed by atoms with Crippen molar-refractivity contribution < 1.29 is 24.0 Å². The lowest BCUT2D eigenvalue weighted by atomic mass is 10.1. The topological polar surface area (TPSA) is 92.9 Å². The van der Waals surface area contributed by atoms with Gasteiger partial charge in [-0.05, 0) is 12.1 Å². The van der Waals surface area contributed by atoms with Crippen LogP contribution in [0.4, 0.5) is 0 Å². The number of carboxylic acids is 1. The summed E-state index contributed by atoms with van der Waals surface area (Å²) >= 11 is 0. The number of carbonyl (C=O) groups is 2. The molecule has 1 aliphatic heterocycles. The third-order valence-electron chi connectivity index (χ3n) is 3.83. The molecule has 0 unspecified atom stereocenters. The van der Waals surface area contributed by atoms with E-state index in [1.165, 1.54) is 4.90 Å². The molecule has 1 aliphatic rings. The van der Waals surface area contributed by atoms with Crippen molar-refractivity contribution in [2.24, 2.45) is 5.92 Å². The number of benzene rings is 1. The number of carboxylic acid groups (broad SMARTS) is 1. The number of aliphatic carboxylic acids is 1. The van der Waals surface area contributed by atoms with Gasteiger partial charge in [0.2, 0.25) is 5.91 Å². The minimum Gasteiger partial charge on any atom is -0.497 e. The van der Waals surface area contributed by atoms with E-state index in [1.54, 1.807) is 13.2 Å². The Morgan fingerprint density at radius 1 is 1.48 bits per heavy atom. The maximum Gasteiger partial charge on any atom is 0.308 e. The lowest BCUT2D eigenvalue weighted by molar-refractivity contribution is -0.141. The van der Waals surface area contributed by atoms with E-state index in [0.29, 0.717) is 17.2 Å². The molecule has 1 N–H and O–H groups in total. The Balaban J connectivity index is 1.72. The molecule has 0 radical (unpaired) electrons. The van der Waals surface area contributed by atoms with Crippen molar-refractivity contribution in [1.82, 2.24) is 10.1 Å². The molecule has 1 saturated heterocycles. The first-order valence-corrected chi connectivity index (χ1v) is 7.17. The fourth-order valence-electron chi connectivity index (χ4n) is 2.58. The van der Waals surface area contributed by atoms with Crippen molar-refractivity contribution in [2.75, 3.05) is 13.7 Å². The second kappa shape index (κ2) is 6.12. The van der Waals surface area contributed by atoms with Crippen molar-refractivity contribution >= 4 is 11.9 Å². The average molecular weight is 316 g/mol. The molecule has 1 fully saturated rings. The standard InChI is InChI=1S/C16H16N2O5/c1-22-13-4-2-3-10(5-13)14-7-12(17-23-14)9-18-8-11(16(20)21)6-15(18)19/h2-5,7,11H,6,8-9H2,1H3,(H,20,21)/t11-/m1/s1. The summed E-state index contributed by atoms with van der Waals surface area (Å²) in [6, 6.07) is 9.11. The van der Waals surface area contributed by atoms with Gasteiger partial charge in [-0.2, -0.15) is 0 Å². The molecule has 2 heterocycles. The molecule has 1 aromatic heterocycles. The Bertz CT molecular complexity index is 740. The maximum absolute atomic E-state index is 11.8. The molecule has 1 atom stereocenters. The fraction of sp³-hybridized carbons (Fsp3) is 0.312. The van der Waals surface area contributed by atoms with Gasteiger partial charge in [-0.1, -0.05) is 17.3 Å². The van der Waals surface area contributed by atoms with Crippen LogP contribution in [0.3, 0.4) is 0 Å². The zero-order valence-corrected chi connectivity index (χ0v) is 12.6. The monoisotopic (exact) mass is 316 g/mol. The van der Waals surface area contributed by atoms with Crippen LogP contribution in [0.15, 0.2) is 34.9 Å². The summed E-state index contributed by atoms with van der Waals surface area (Å²) in [7, 11) is 1.59. The number of hydrogen-bond acceptors (Lipinski definition) is 5. The van der Waals surface area contributed by atoms with Crippen molar-refractivity contribution in [3.05, 3.63) is 36.0 Å². The van der Waals surface area contributed by atoms with E-state index in [9.17, 15) is 9.59 Å². The molecule has 120 valence electrons. The predicted molar refractivity (Wildman–Crippen MR) is 79.7 cm³/mol. The highest BCUT2D eigenvalue weighted by Crippen LogP contribution is 2.26. The van der Waals surface area contributed by atoms with Gasteiger partial charge in [-0.3, -0.25) is 9.59 Å². The quantitative estimate of drug-likeness (QED) is 0.904. The minimum atomic E-state index is -0.946. The van der Waals surface area contributed by atoms with Crippen molar-refractivity contribution in [3.63, 3.8) is 0 Å². The summed E-state index contributed by atoms with van der Waals surface area (Å²) in [5, 5.41) is 13.0. The molecule has 0 aliphatic carbocycles. The SMILES string of the molecule is COc1cccc(-c2cc(CN3C[C@H](C(=O)O)CC3=O)no2)c1. The van der Waals surface area contributed by atoms with Crippen LogP contribution in [0.25, 0.3) is 11.3 Å². The van der Waals surface area contributed by atoms with Crippen LogP contribution in [0.2, 0.25) is 0 Å². The highest BCUT2D eigenvalue weighted by molar-refractivity contribution is 5.86. The van der Waals surface area contributed by atoms with Gasteiger partial charge in [0.15, 0.2) is 5.76 Å². The van der Waals surface area contributed by atoms with Gasteiger partial charge in [0, 0.05) is 24.6 Å². The first-order chi connectivity index (χ1) is 11.1. The zero-order valence-electron chi connectivity index (χ0n) is 12.6. The summed E-state index contributed by atoms with van der Waals surface area (Å²) in [5.41, 5.74) is 1.40. The summed E-state index contributed by atoms with van der Waals surface area (Å²) < 4.78 is 10.5. The Morgan fingerprint density at radius 3 is 3.00 bits per heavy atom. The number of amides is 1. The van der Waals surface area contributed by atoms with Crippen LogP contribution in [-0.4, -0.2) is 40.7 Å². The van der Waals surface area contributed by atoms with E-state index in [2.05, 4.69) is 5.16 Å². The molecule has 23 heavy (non-hydrogen) atoms. The fourth-order valence-corrected chi connectivity index (χ4v) is 2.58. The Morgan fingerprint density at radius 2 is 2.30 bits per heavy atom. The van der Waals surface area contributed by atoms with Crippen molar-refractivity contribution in [1.29, 1.82) is 0 Å². The van der Waals surface area contributed by atoms with E-state index >= 15 is 0 Å². The number of ether oxygens (including phenoxy) is 1. The van der Waals surface area contributed by atoms with Gasteiger partial charge in [0.05, 0.1) is 19.6 Å². The summed E-state index contributed by atoms with van der Waals surface area (Å²) in [6.45, 7) is 0.450. The smallest absolute Gasteiger partial charge is 0.308 e. The van der Waals surface area contributed by atoms with Crippen LogP contribution < -0.4 is 4.74 Å². The molecule has 0 saturated carbocycles. The second-order valence-electron chi connectivity index (χ2n) is 5.43. The lowest BCUT2D eigenvalue weighted by Gasteiger charge is -2.13. The van der Waals surface area contributed by atoms with Gasteiger partial charge >= 0.3 is 5.97 Å². The van der Waals surface area contributed by atoms with Crippen LogP contribution in [-0.2, 0) is 16.1 Å². The molecular formula is C16H16N2O5. The van der Waals surface area contributed by atoms with Crippen LogP contribution in [0, 0.1) is 5.92 Å². The zero-order chi connectivity index (χ0) is 16.4. The second-order valence-corrected chi connectivity index (χ2v) is 5.43. The van der Waals surface area contributed by atoms with Gasteiger partial charge in [0.25, 0.3) is 0 Å². The van der Waals surface area contributed by atoms with Gasteiger partial charge < -0.3 is 19.3 Å². The largest absolute Gasteiger partial charge is 0.497 e. The lowest BCUT2D eigenvalue weighted by Crippen LogP contribution is -2.25. The molecular weight excluding hydrogens is 300 g/mol. The molecule has 0 spiro atoms. The molecule has 1 amide bonds. The normalized spacial score (nSPS) is 17.5. The third-order valence-corrected chi connectivity index (χ3v) is 3.83. The van der Waals surface area contributed by atoms with E-state index in [4.69, 9.17) is 14.4 Å². The number of nitrogens with zero attached hydrogens (tertiary/aromatic N) is 2. The van der Waals surface area contributed by atoms with Gasteiger partial charge in [-0.25, -0.2) is 0 Å². The first kappa shape index (κ1) is 15.1. The van der Waals surface area contributed by atoms with E-state index in [1.807, 2.05) is 24.3 Å². The van der Waals surface area contributed by atoms with Gasteiger partial charge in [0.1, 0.15) is 11.4 Å². The third kappa shape index (κ3) is 3.18. The van der Waals surface area contributed by atoms with Crippen LogP contribution >= 0.6 is 0 Å². The number of methoxy groups -OCH3 is 1. The molecule has 3 rings (SSSR count). The molecule has 7 heteroatoms.